The number of hydrogen-bond donors (Lipinski definition) is 1. The average Bonchev–Trinajstić information content (AvgIpc) is 3.15. The van der Waals surface area contributed by atoms with Crippen LogP contribution in [0.5, 0.6) is 23.0 Å². The van der Waals surface area contributed by atoms with E-state index in [1.54, 1.807) is 42.7 Å². The number of furan rings is 1. The van der Waals surface area contributed by atoms with E-state index < -0.39 is 5.97 Å². The Morgan fingerprint density at radius 2 is 1.77 bits per heavy atom. The third-order valence-electron chi connectivity index (χ3n) is 3.84. The van der Waals surface area contributed by atoms with Crippen molar-refractivity contribution in [2.24, 2.45) is 0 Å². The van der Waals surface area contributed by atoms with E-state index in [0.717, 1.165) is 0 Å². The first-order valence-corrected chi connectivity index (χ1v) is 7.86. The highest BCUT2D eigenvalue weighted by molar-refractivity contribution is 5.91. The molecule has 0 saturated carbocycles. The molecule has 0 radical (unpaired) electrons. The Morgan fingerprint density at radius 3 is 2.38 bits per heavy atom. The maximum Gasteiger partial charge on any atom is 0.308 e. The Labute approximate surface area is 150 Å². The van der Waals surface area contributed by atoms with Gasteiger partial charge in [0.25, 0.3) is 0 Å². The van der Waals surface area contributed by atoms with Crippen molar-refractivity contribution in [3.05, 3.63) is 48.7 Å². The lowest BCUT2D eigenvalue weighted by molar-refractivity contribution is -0.131. The predicted octanol–water partition coefficient (Wildman–Crippen LogP) is 4.26. The fourth-order valence-corrected chi connectivity index (χ4v) is 2.82. The first-order chi connectivity index (χ1) is 12.6. The van der Waals surface area contributed by atoms with Crippen LogP contribution in [0.25, 0.3) is 22.5 Å². The van der Waals surface area contributed by atoms with Gasteiger partial charge in [-0.2, -0.15) is 0 Å². The van der Waals surface area contributed by atoms with Crippen LogP contribution in [0.3, 0.4) is 0 Å². The van der Waals surface area contributed by atoms with Crippen LogP contribution in [0.1, 0.15) is 6.92 Å². The molecule has 0 unspecified atom stereocenters. The zero-order valence-corrected chi connectivity index (χ0v) is 14.6. The standard InChI is InChI=1S/C20H18O6/c1-12(21)26-17-7-4-6-14(22)18(17)19-16(23-2)10-9-13(20(19)24-3)15-8-5-11-25-15/h4-11,22H,1-3H3. The molecule has 1 heterocycles. The number of carbonyl (C=O) groups is 1. The Hall–Kier alpha value is -3.41. The molecule has 0 amide bonds. The number of aromatic hydroxyl groups is 1. The molecule has 0 fully saturated rings. The summed E-state index contributed by atoms with van der Waals surface area (Å²) < 4.78 is 21.8. The molecule has 0 saturated heterocycles. The summed E-state index contributed by atoms with van der Waals surface area (Å²) in [4.78, 5) is 11.5. The average molecular weight is 354 g/mol. The zero-order chi connectivity index (χ0) is 18.7. The number of ether oxygens (including phenoxy) is 3. The molecule has 3 rings (SSSR count). The van der Waals surface area contributed by atoms with E-state index >= 15 is 0 Å². The van der Waals surface area contributed by atoms with Crippen LogP contribution in [0.15, 0.2) is 53.1 Å². The van der Waals surface area contributed by atoms with Crippen LogP contribution in [0.2, 0.25) is 0 Å². The molecule has 0 aliphatic carbocycles. The molecule has 26 heavy (non-hydrogen) atoms. The molecule has 0 spiro atoms. The third kappa shape index (κ3) is 3.09. The minimum absolute atomic E-state index is 0.0723. The molecule has 0 atom stereocenters. The monoisotopic (exact) mass is 354 g/mol. The van der Waals surface area contributed by atoms with Crippen LogP contribution < -0.4 is 14.2 Å². The topological polar surface area (TPSA) is 78.1 Å². The second-order valence-electron chi connectivity index (χ2n) is 5.44. The normalized spacial score (nSPS) is 10.4. The van der Waals surface area contributed by atoms with Crippen molar-refractivity contribution in [1.82, 2.24) is 0 Å². The number of benzene rings is 2. The lowest BCUT2D eigenvalue weighted by Gasteiger charge is -2.19. The van der Waals surface area contributed by atoms with Gasteiger partial charge in [-0.25, -0.2) is 0 Å². The number of phenolic OH excluding ortho intramolecular Hbond substituents is 1. The largest absolute Gasteiger partial charge is 0.507 e. The van der Waals surface area contributed by atoms with Gasteiger partial charge < -0.3 is 23.7 Å². The summed E-state index contributed by atoms with van der Waals surface area (Å²) in [6.45, 7) is 1.29. The summed E-state index contributed by atoms with van der Waals surface area (Å²) >= 11 is 0. The van der Waals surface area contributed by atoms with Gasteiger partial charge in [0.05, 0.1) is 37.2 Å². The SMILES string of the molecule is COc1ccc(-c2ccco2)c(OC)c1-c1c(O)cccc1OC(C)=O. The van der Waals surface area contributed by atoms with Gasteiger partial charge in [-0.1, -0.05) is 6.07 Å². The van der Waals surface area contributed by atoms with E-state index in [9.17, 15) is 9.90 Å². The Balaban J connectivity index is 2.34. The summed E-state index contributed by atoms with van der Waals surface area (Å²) in [5.41, 5.74) is 1.42. The number of carbonyl (C=O) groups excluding carboxylic acids is 1. The minimum atomic E-state index is -0.503. The molecule has 2 aromatic carbocycles. The molecule has 0 bridgehead atoms. The van der Waals surface area contributed by atoms with Crippen LogP contribution in [0.4, 0.5) is 0 Å². The molecular formula is C20H18O6. The number of hydrogen-bond acceptors (Lipinski definition) is 6. The summed E-state index contributed by atoms with van der Waals surface area (Å²) in [7, 11) is 3.02. The highest BCUT2D eigenvalue weighted by Crippen LogP contribution is 2.50. The Kier molecular flexibility index (Phi) is 4.84. The van der Waals surface area contributed by atoms with Crippen LogP contribution in [-0.2, 0) is 4.79 Å². The van der Waals surface area contributed by atoms with Crippen molar-refractivity contribution >= 4 is 5.97 Å². The van der Waals surface area contributed by atoms with E-state index in [-0.39, 0.29) is 11.5 Å². The zero-order valence-electron chi connectivity index (χ0n) is 14.6. The number of esters is 1. The summed E-state index contributed by atoms with van der Waals surface area (Å²) in [6.07, 6.45) is 1.56. The van der Waals surface area contributed by atoms with E-state index in [1.165, 1.54) is 27.2 Å². The maximum absolute atomic E-state index is 11.5. The van der Waals surface area contributed by atoms with Gasteiger partial charge in [0.2, 0.25) is 0 Å². The molecule has 0 aliphatic heterocycles. The van der Waals surface area contributed by atoms with Gasteiger partial charge in [-0.3, -0.25) is 4.79 Å². The summed E-state index contributed by atoms with van der Waals surface area (Å²) in [5, 5.41) is 10.5. The smallest absolute Gasteiger partial charge is 0.308 e. The maximum atomic E-state index is 11.5. The van der Waals surface area contributed by atoms with Crippen LogP contribution in [-0.4, -0.2) is 25.3 Å². The lowest BCUT2D eigenvalue weighted by Crippen LogP contribution is -2.04. The van der Waals surface area contributed by atoms with Crippen LogP contribution in [0, 0.1) is 0 Å². The van der Waals surface area contributed by atoms with Crippen LogP contribution >= 0.6 is 0 Å². The second kappa shape index (κ2) is 7.23. The first kappa shape index (κ1) is 17.4. The van der Waals surface area contributed by atoms with Crippen molar-refractivity contribution in [2.75, 3.05) is 14.2 Å². The molecule has 6 nitrogen and oxygen atoms in total. The van der Waals surface area contributed by atoms with Gasteiger partial charge in [0.15, 0.2) is 0 Å². The van der Waals surface area contributed by atoms with Gasteiger partial charge in [-0.05, 0) is 36.4 Å². The third-order valence-corrected chi connectivity index (χ3v) is 3.84. The number of methoxy groups -OCH3 is 2. The molecule has 0 aliphatic rings. The quantitative estimate of drug-likeness (QED) is 0.545. The number of phenols is 1. The molecule has 1 N–H and O–H groups in total. The van der Waals surface area contributed by atoms with Gasteiger partial charge in [0.1, 0.15) is 28.8 Å². The molecular weight excluding hydrogens is 336 g/mol. The van der Waals surface area contributed by atoms with Gasteiger partial charge in [0, 0.05) is 6.92 Å². The summed E-state index contributed by atoms with van der Waals surface area (Å²) in [6, 6.07) is 11.8. The van der Waals surface area contributed by atoms with Crippen molar-refractivity contribution in [3.63, 3.8) is 0 Å². The Bertz CT molecular complexity index is 928. The highest BCUT2D eigenvalue weighted by atomic mass is 16.5. The minimum Gasteiger partial charge on any atom is -0.507 e. The van der Waals surface area contributed by atoms with E-state index in [1.807, 2.05) is 0 Å². The van der Waals surface area contributed by atoms with Crippen molar-refractivity contribution < 1.29 is 28.5 Å². The highest BCUT2D eigenvalue weighted by Gasteiger charge is 2.25. The first-order valence-electron chi connectivity index (χ1n) is 7.86. The molecule has 6 heteroatoms. The molecule has 3 aromatic rings. The second-order valence-corrected chi connectivity index (χ2v) is 5.44. The van der Waals surface area contributed by atoms with E-state index in [0.29, 0.717) is 33.9 Å². The molecule has 1 aromatic heterocycles. The predicted molar refractivity (Wildman–Crippen MR) is 95.7 cm³/mol. The van der Waals surface area contributed by atoms with Crippen molar-refractivity contribution in [1.29, 1.82) is 0 Å². The fraction of sp³-hybridized carbons (Fsp3) is 0.150. The van der Waals surface area contributed by atoms with Gasteiger partial charge >= 0.3 is 5.97 Å². The van der Waals surface area contributed by atoms with E-state index in [2.05, 4.69) is 0 Å². The number of rotatable bonds is 5. The van der Waals surface area contributed by atoms with Crippen molar-refractivity contribution in [3.8, 4) is 45.4 Å². The van der Waals surface area contributed by atoms with Crippen molar-refractivity contribution in [2.45, 2.75) is 6.92 Å². The fourth-order valence-electron chi connectivity index (χ4n) is 2.82. The van der Waals surface area contributed by atoms with Gasteiger partial charge in [-0.15, -0.1) is 0 Å². The Morgan fingerprint density at radius 1 is 0.962 bits per heavy atom. The lowest BCUT2D eigenvalue weighted by atomic mass is 9.97. The van der Waals surface area contributed by atoms with E-state index in [4.69, 9.17) is 18.6 Å². The molecule has 134 valence electrons. The summed E-state index contributed by atoms with van der Waals surface area (Å²) in [5.74, 6) is 1.09.